The summed E-state index contributed by atoms with van der Waals surface area (Å²) < 4.78 is 19.8. The topological polar surface area (TPSA) is 58.4 Å². The molecule has 28 heavy (non-hydrogen) atoms. The second kappa shape index (κ2) is 7.28. The van der Waals surface area contributed by atoms with Crippen LogP contribution in [0.2, 0.25) is 0 Å². The van der Waals surface area contributed by atoms with Crippen LogP contribution >= 0.6 is 0 Å². The molecule has 3 aromatic rings. The fraction of sp³-hybridized carbons (Fsp3) is 0.364. The van der Waals surface area contributed by atoms with Crippen LogP contribution in [0.4, 0.5) is 0 Å². The van der Waals surface area contributed by atoms with Crippen LogP contribution in [0.5, 0.6) is 11.5 Å². The van der Waals surface area contributed by atoms with E-state index in [2.05, 4.69) is 23.9 Å². The third-order valence-corrected chi connectivity index (χ3v) is 4.69. The molecule has 0 fully saturated rings. The maximum atomic E-state index is 6.17. The average Bonchev–Trinajstić information content (AvgIpc) is 3.15. The summed E-state index contributed by atoms with van der Waals surface area (Å²) in [5, 5.41) is 4.43. The molecule has 2 aromatic heterocycles. The summed E-state index contributed by atoms with van der Waals surface area (Å²) in [4.78, 5) is 4.59. The average molecular weight is 379 g/mol. The minimum absolute atomic E-state index is 0.250. The predicted molar refractivity (Wildman–Crippen MR) is 106 cm³/mol. The van der Waals surface area contributed by atoms with Crippen molar-refractivity contribution in [3.63, 3.8) is 0 Å². The van der Waals surface area contributed by atoms with Crippen molar-refractivity contribution in [1.29, 1.82) is 0 Å². The van der Waals surface area contributed by atoms with Gasteiger partial charge in [-0.3, -0.25) is 9.67 Å². The maximum absolute atomic E-state index is 6.17. The van der Waals surface area contributed by atoms with Crippen LogP contribution in [0.25, 0.3) is 11.4 Å². The fourth-order valence-corrected chi connectivity index (χ4v) is 3.31. The number of hydrogen-bond acceptors (Lipinski definition) is 5. The van der Waals surface area contributed by atoms with Gasteiger partial charge in [0.1, 0.15) is 18.1 Å². The zero-order valence-electron chi connectivity index (χ0n) is 16.7. The lowest BCUT2D eigenvalue weighted by Crippen LogP contribution is -2.35. The molecule has 0 saturated carbocycles. The second-order valence-electron chi connectivity index (χ2n) is 7.58. The van der Waals surface area contributed by atoms with Gasteiger partial charge >= 0.3 is 0 Å². The van der Waals surface area contributed by atoms with Crippen molar-refractivity contribution in [1.82, 2.24) is 14.8 Å². The number of nitrogens with zero attached hydrogens (tertiary/aromatic N) is 3. The number of pyridine rings is 1. The zero-order valence-corrected chi connectivity index (χ0v) is 16.7. The van der Waals surface area contributed by atoms with Crippen molar-refractivity contribution in [2.45, 2.75) is 52.7 Å². The highest BCUT2D eigenvalue weighted by molar-refractivity contribution is 5.59. The molecule has 1 aliphatic heterocycles. The highest BCUT2D eigenvalue weighted by Crippen LogP contribution is 2.37. The molecule has 4 rings (SSSR count). The van der Waals surface area contributed by atoms with E-state index in [0.29, 0.717) is 13.2 Å². The molecule has 6 nitrogen and oxygen atoms in total. The van der Waals surface area contributed by atoms with Gasteiger partial charge in [0.15, 0.2) is 0 Å². The van der Waals surface area contributed by atoms with Gasteiger partial charge in [0.2, 0.25) is 5.79 Å². The Morgan fingerprint density at radius 3 is 2.82 bits per heavy atom. The summed E-state index contributed by atoms with van der Waals surface area (Å²) in [6, 6.07) is 12.0. The molecule has 0 bridgehead atoms. The largest absolute Gasteiger partial charge is 0.488 e. The van der Waals surface area contributed by atoms with Gasteiger partial charge in [-0.05, 0) is 38.1 Å². The van der Waals surface area contributed by atoms with Crippen molar-refractivity contribution >= 4 is 0 Å². The van der Waals surface area contributed by atoms with Crippen molar-refractivity contribution in [2.24, 2.45) is 0 Å². The van der Waals surface area contributed by atoms with Gasteiger partial charge < -0.3 is 14.2 Å². The predicted octanol–water partition coefficient (Wildman–Crippen LogP) is 4.75. The van der Waals surface area contributed by atoms with E-state index in [1.54, 1.807) is 12.4 Å². The first kappa shape index (κ1) is 18.5. The molecule has 146 valence electrons. The third kappa shape index (κ3) is 3.60. The minimum atomic E-state index is -0.628. The molecule has 0 unspecified atom stereocenters. The number of fused-ring (bicyclic) bond motifs is 1. The maximum Gasteiger partial charge on any atom is 0.205 e. The summed E-state index contributed by atoms with van der Waals surface area (Å²) in [7, 11) is 0. The van der Waals surface area contributed by atoms with Gasteiger partial charge in [0.05, 0.1) is 23.6 Å². The molecule has 0 spiro atoms. The van der Waals surface area contributed by atoms with Gasteiger partial charge in [-0.1, -0.05) is 12.1 Å². The van der Waals surface area contributed by atoms with E-state index in [1.165, 1.54) is 0 Å². The van der Waals surface area contributed by atoms with Crippen LogP contribution < -0.4 is 9.47 Å². The molecule has 0 saturated heterocycles. The number of hydrogen-bond donors (Lipinski definition) is 0. The van der Waals surface area contributed by atoms with E-state index < -0.39 is 5.79 Å². The van der Waals surface area contributed by atoms with Gasteiger partial charge in [0.25, 0.3) is 0 Å². The molecular weight excluding hydrogens is 354 g/mol. The summed E-state index contributed by atoms with van der Waals surface area (Å²) in [5.41, 5.74) is 3.80. The Kier molecular flexibility index (Phi) is 4.81. The van der Waals surface area contributed by atoms with E-state index >= 15 is 0 Å². The monoisotopic (exact) mass is 379 g/mol. The van der Waals surface area contributed by atoms with E-state index in [-0.39, 0.29) is 6.04 Å². The number of benzene rings is 1. The van der Waals surface area contributed by atoms with E-state index in [0.717, 1.165) is 34.0 Å². The molecule has 0 N–H and O–H groups in total. The van der Waals surface area contributed by atoms with Gasteiger partial charge in [-0.25, -0.2) is 0 Å². The molecular formula is C22H25N3O3. The van der Waals surface area contributed by atoms with Crippen LogP contribution in [0.3, 0.4) is 0 Å². The van der Waals surface area contributed by atoms with Gasteiger partial charge in [-0.2, -0.15) is 5.10 Å². The summed E-state index contributed by atoms with van der Waals surface area (Å²) in [5.74, 6) is 0.940. The summed E-state index contributed by atoms with van der Waals surface area (Å²) in [6.07, 6.45) is 3.60. The Balaban J connectivity index is 1.60. The normalized spacial score (nSPS) is 15.2. The summed E-state index contributed by atoms with van der Waals surface area (Å²) >= 11 is 0. The molecule has 6 heteroatoms. The van der Waals surface area contributed by atoms with Crippen molar-refractivity contribution in [3.8, 4) is 22.9 Å². The molecule has 3 heterocycles. The lowest BCUT2D eigenvalue weighted by Gasteiger charge is -2.33. The Labute approximate surface area is 165 Å². The van der Waals surface area contributed by atoms with Gasteiger partial charge in [0, 0.05) is 37.8 Å². The fourth-order valence-electron chi connectivity index (χ4n) is 3.31. The van der Waals surface area contributed by atoms with Crippen molar-refractivity contribution in [2.75, 3.05) is 0 Å². The lowest BCUT2D eigenvalue weighted by molar-refractivity contribution is -0.180. The third-order valence-electron chi connectivity index (χ3n) is 4.69. The number of rotatable bonds is 5. The lowest BCUT2D eigenvalue weighted by atomic mass is 10.1. The van der Waals surface area contributed by atoms with Crippen LogP contribution in [0.15, 0.2) is 48.8 Å². The molecule has 1 aliphatic rings. The second-order valence-corrected chi connectivity index (χ2v) is 7.58. The van der Waals surface area contributed by atoms with Crippen molar-refractivity contribution < 1.29 is 14.2 Å². The standard InChI is InChI=1S/C22H25N3O3/c1-15(2)25-18(10-12-24-25)21-16(7-6-11-23-21)13-26-19-8-5-9-20-17(19)14-27-22(3,4)28-20/h5-12,15H,13-14H2,1-4H3. The number of aromatic nitrogens is 3. The summed E-state index contributed by atoms with van der Waals surface area (Å²) in [6.45, 7) is 8.87. The molecule has 0 aliphatic carbocycles. The highest BCUT2D eigenvalue weighted by atomic mass is 16.7. The first-order valence-electron chi connectivity index (χ1n) is 9.50. The Morgan fingerprint density at radius 1 is 1.14 bits per heavy atom. The Morgan fingerprint density at radius 2 is 2.00 bits per heavy atom. The van der Waals surface area contributed by atoms with Crippen LogP contribution in [0.1, 0.15) is 44.9 Å². The SMILES string of the molecule is CC(C)n1nccc1-c1ncccc1COc1cccc2c1COC(C)(C)O2. The van der Waals surface area contributed by atoms with Crippen LogP contribution in [-0.2, 0) is 18.0 Å². The highest BCUT2D eigenvalue weighted by Gasteiger charge is 2.29. The molecule has 0 amide bonds. The zero-order chi connectivity index (χ0) is 19.7. The van der Waals surface area contributed by atoms with E-state index in [4.69, 9.17) is 14.2 Å². The Bertz CT molecular complexity index is 979. The molecule has 0 atom stereocenters. The quantitative estimate of drug-likeness (QED) is 0.640. The van der Waals surface area contributed by atoms with E-state index in [1.807, 2.05) is 54.9 Å². The minimum Gasteiger partial charge on any atom is -0.488 e. The first-order chi connectivity index (χ1) is 13.4. The van der Waals surface area contributed by atoms with Crippen LogP contribution in [0, 0.1) is 0 Å². The smallest absolute Gasteiger partial charge is 0.205 e. The van der Waals surface area contributed by atoms with Gasteiger partial charge in [-0.15, -0.1) is 0 Å². The van der Waals surface area contributed by atoms with Crippen molar-refractivity contribution in [3.05, 3.63) is 59.9 Å². The first-order valence-corrected chi connectivity index (χ1v) is 9.50. The van der Waals surface area contributed by atoms with E-state index in [9.17, 15) is 0 Å². The molecule has 0 radical (unpaired) electrons. The Hall–Kier alpha value is -2.86. The number of ether oxygens (including phenoxy) is 3. The molecule has 1 aromatic carbocycles. The van der Waals surface area contributed by atoms with Crippen LogP contribution in [-0.4, -0.2) is 20.6 Å².